The van der Waals surface area contributed by atoms with Gasteiger partial charge in [0.1, 0.15) is 0 Å². The van der Waals surface area contributed by atoms with Gasteiger partial charge in [0.2, 0.25) is 0 Å². The van der Waals surface area contributed by atoms with Gasteiger partial charge in [0, 0.05) is 24.7 Å². The number of rotatable bonds is 5. The molecular weight excluding hydrogens is 342 g/mol. The molecule has 0 bridgehead atoms. The highest BCUT2D eigenvalue weighted by molar-refractivity contribution is 5.97. The molecule has 0 saturated heterocycles. The predicted octanol–water partition coefficient (Wildman–Crippen LogP) is 2.02. The van der Waals surface area contributed by atoms with E-state index in [0.29, 0.717) is 23.4 Å². The summed E-state index contributed by atoms with van der Waals surface area (Å²) in [6.45, 7) is 0.437. The number of nitrogens with one attached hydrogen (secondary N) is 2. The average molecular weight is 361 g/mol. The zero-order valence-corrected chi connectivity index (χ0v) is 14.8. The number of nitrogen functional groups attached to an aromatic ring is 1. The van der Waals surface area contributed by atoms with Gasteiger partial charge in [0.15, 0.2) is 11.5 Å². The maximum atomic E-state index is 12.4. The molecular formula is C20H19N5O2. The minimum Gasteiger partial charge on any atom is -0.382 e. The van der Waals surface area contributed by atoms with Crippen LogP contribution in [0.4, 0.5) is 5.82 Å². The summed E-state index contributed by atoms with van der Waals surface area (Å²) in [6, 6.07) is 16.6. The van der Waals surface area contributed by atoms with E-state index in [9.17, 15) is 9.59 Å². The number of amides is 2. The van der Waals surface area contributed by atoms with Crippen LogP contribution in [0.2, 0.25) is 0 Å². The normalized spacial score (nSPS) is 10.3. The number of aromatic nitrogens is 2. The molecule has 0 radical (unpaired) electrons. The quantitative estimate of drug-likeness (QED) is 0.644. The van der Waals surface area contributed by atoms with Crippen LogP contribution in [0.1, 0.15) is 26.4 Å². The highest BCUT2D eigenvalue weighted by Crippen LogP contribution is 2.20. The fourth-order valence-corrected chi connectivity index (χ4v) is 2.52. The van der Waals surface area contributed by atoms with Crippen molar-refractivity contribution < 1.29 is 9.59 Å². The van der Waals surface area contributed by atoms with Gasteiger partial charge in [-0.15, -0.1) is 0 Å². The predicted molar refractivity (Wildman–Crippen MR) is 103 cm³/mol. The molecule has 0 saturated carbocycles. The molecule has 1 aromatic heterocycles. The van der Waals surface area contributed by atoms with E-state index in [2.05, 4.69) is 20.6 Å². The SMILES string of the molecule is CNC(=O)c1nc(-c2cccc(C(=O)NCc3ccccc3)c2)cnc1N. The van der Waals surface area contributed by atoms with Crippen LogP contribution >= 0.6 is 0 Å². The molecule has 0 fully saturated rings. The van der Waals surface area contributed by atoms with Crippen LogP contribution in [0.5, 0.6) is 0 Å². The fourth-order valence-electron chi connectivity index (χ4n) is 2.52. The van der Waals surface area contributed by atoms with Gasteiger partial charge in [0.05, 0.1) is 11.9 Å². The van der Waals surface area contributed by atoms with Crippen molar-refractivity contribution in [1.29, 1.82) is 0 Å². The number of hydrogen-bond donors (Lipinski definition) is 3. The summed E-state index contributed by atoms with van der Waals surface area (Å²) in [6.07, 6.45) is 1.47. The Morgan fingerprint density at radius 2 is 1.81 bits per heavy atom. The first kappa shape index (κ1) is 18.1. The smallest absolute Gasteiger partial charge is 0.273 e. The van der Waals surface area contributed by atoms with Gasteiger partial charge in [-0.05, 0) is 17.7 Å². The second-order valence-corrected chi connectivity index (χ2v) is 5.82. The number of carbonyl (C=O) groups is 2. The van der Waals surface area contributed by atoms with Gasteiger partial charge in [-0.25, -0.2) is 9.97 Å². The molecule has 2 amide bonds. The van der Waals surface area contributed by atoms with E-state index in [-0.39, 0.29) is 17.4 Å². The van der Waals surface area contributed by atoms with Crippen LogP contribution < -0.4 is 16.4 Å². The van der Waals surface area contributed by atoms with Crippen molar-refractivity contribution in [2.24, 2.45) is 0 Å². The van der Waals surface area contributed by atoms with Gasteiger partial charge >= 0.3 is 0 Å². The molecule has 0 spiro atoms. The fraction of sp³-hybridized carbons (Fsp3) is 0.100. The maximum absolute atomic E-state index is 12.4. The van der Waals surface area contributed by atoms with Gasteiger partial charge in [-0.1, -0.05) is 42.5 Å². The number of hydrogen-bond acceptors (Lipinski definition) is 5. The molecule has 0 atom stereocenters. The Kier molecular flexibility index (Phi) is 5.41. The monoisotopic (exact) mass is 361 g/mol. The zero-order chi connectivity index (χ0) is 19.2. The third kappa shape index (κ3) is 4.27. The van der Waals surface area contributed by atoms with Gasteiger partial charge < -0.3 is 16.4 Å². The van der Waals surface area contributed by atoms with Gasteiger partial charge in [-0.3, -0.25) is 9.59 Å². The number of nitrogens with two attached hydrogens (primary N) is 1. The van der Waals surface area contributed by atoms with E-state index in [4.69, 9.17) is 5.73 Å². The molecule has 0 aliphatic carbocycles. The lowest BCUT2D eigenvalue weighted by atomic mass is 10.1. The first-order chi connectivity index (χ1) is 13.1. The summed E-state index contributed by atoms with van der Waals surface area (Å²) in [5.41, 5.74) is 8.40. The number of carbonyl (C=O) groups excluding carboxylic acids is 2. The summed E-state index contributed by atoms with van der Waals surface area (Å²) < 4.78 is 0. The maximum Gasteiger partial charge on any atom is 0.273 e. The minimum absolute atomic E-state index is 0.0499. The molecule has 0 unspecified atom stereocenters. The molecule has 0 aliphatic rings. The number of nitrogens with zero attached hydrogens (tertiary/aromatic N) is 2. The zero-order valence-electron chi connectivity index (χ0n) is 14.8. The van der Waals surface area contributed by atoms with Crippen molar-refractivity contribution in [3.8, 4) is 11.3 Å². The van der Waals surface area contributed by atoms with E-state index in [1.807, 2.05) is 30.3 Å². The molecule has 7 nitrogen and oxygen atoms in total. The summed E-state index contributed by atoms with van der Waals surface area (Å²) in [4.78, 5) is 32.6. The molecule has 7 heteroatoms. The summed E-state index contributed by atoms with van der Waals surface area (Å²) in [5.74, 6) is -0.566. The Bertz CT molecular complexity index is 973. The Hall–Kier alpha value is -3.74. The Morgan fingerprint density at radius 3 is 2.56 bits per heavy atom. The highest BCUT2D eigenvalue weighted by Gasteiger charge is 2.14. The molecule has 3 aromatic rings. The highest BCUT2D eigenvalue weighted by atomic mass is 16.2. The van der Waals surface area contributed by atoms with Crippen molar-refractivity contribution in [2.75, 3.05) is 12.8 Å². The first-order valence-electron chi connectivity index (χ1n) is 8.35. The lowest BCUT2D eigenvalue weighted by Crippen LogP contribution is -2.23. The summed E-state index contributed by atoms with van der Waals surface area (Å²) in [5, 5.41) is 5.36. The Balaban J connectivity index is 1.81. The van der Waals surface area contributed by atoms with E-state index < -0.39 is 5.91 Å². The second kappa shape index (κ2) is 8.09. The molecule has 4 N–H and O–H groups in total. The van der Waals surface area contributed by atoms with Crippen molar-refractivity contribution in [1.82, 2.24) is 20.6 Å². The van der Waals surface area contributed by atoms with Gasteiger partial charge in [-0.2, -0.15) is 0 Å². The van der Waals surface area contributed by atoms with Crippen molar-refractivity contribution >= 4 is 17.6 Å². The third-order valence-corrected chi connectivity index (χ3v) is 3.96. The van der Waals surface area contributed by atoms with Crippen LogP contribution in [0.15, 0.2) is 60.8 Å². The number of anilines is 1. The van der Waals surface area contributed by atoms with Crippen molar-refractivity contribution in [3.63, 3.8) is 0 Å². The van der Waals surface area contributed by atoms with Crippen molar-refractivity contribution in [2.45, 2.75) is 6.54 Å². The summed E-state index contributed by atoms with van der Waals surface area (Å²) in [7, 11) is 1.49. The van der Waals surface area contributed by atoms with Crippen LogP contribution in [0.25, 0.3) is 11.3 Å². The lowest BCUT2D eigenvalue weighted by molar-refractivity contribution is 0.0945. The van der Waals surface area contributed by atoms with Crippen molar-refractivity contribution in [3.05, 3.63) is 77.6 Å². The van der Waals surface area contributed by atoms with Crippen LogP contribution in [-0.4, -0.2) is 28.8 Å². The first-order valence-corrected chi connectivity index (χ1v) is 8.35. The molecule has 2 aromatic carbocycles. The standard InChI is InChI=1S/C20H19N5O2/c1-22-20(27)17-18(21)23-12-16(25-17)14-8-5-9-15(10-14)19(26)24-11-13-6-3-2-4-7-13/h2-10,12H,11H2,1H3,(H2,21,23)(H,22,27)(H,24,26). The Labute approximate surface area is 156 Å². The number of benzene rings is 2. The molecule has 27 heavy (non-hydrogen) atoms. The molecule has 136 valence electrons. The summed E-state index contributed by atoms with van der Waals surface area (Å²) >= 11 is 0. The molecule has 0 aliphatic heterocycles. The molecule has 3 rings (SSSR count). The van der Waals surface area contributed by atoms with Crippen LogP contribution in [0.3, 0.4) is 0 Å². The minimum atomic E-state index is -0.418. The van der Waals surface area contributed by atoms with Gasteiger partial charge in [0.25, 0.3) is 11.8 Å². The van der Waals surface area contributed by atoms with E-state index >= 15 is 0 Å². The third-order valence-electron chi connectivity index (χ3n) is 3.96. The second-order valence-electron chi connectivity index (χ2n) is 5.82. The van der Waals surface area contributed by atoms with Crippen LogP contribution in [-0.2, 0) is 6.54 Å². The largest absolute Gasteiger partial charge is 0.382 e. The topological polar surface area (TPSA) is 110 Å². The van der Waals surface area contributed by atoms with E-state index in [1.165, 1.54) is 13.2 Å². The molecule has 1 heterocycles. The average Bonchev–Trinajstić information content (AvgIpc) is 2.72. The Morgan fingerprint density at radius 1 is 1.04 bits per heavy atom. The van der Waals surface area contributed by atoms with E-state index in [0.717, 1.165) is 5.56 Å². The van der Waals surface area contributed by atoms with E-state index in [1.54, 1.807) is 24.3 Å². The van der Waals surface area contributed by atoms with Crippen LogP contribution in [0, 0.1) is 0 Å². The lowest BCUT2D eigenvalue weighted by Gasteiger charge is -2.09.